The van der Waals surface area contributed by atoms with Gasteiger partial charge in [-0.3, -0.25) is 0 Å². The Balaban J connectivity index is 1.62. The molecular weight excluding hydrogens is 328 g/mol. The molecular formula is C20H22N4O2. The molecule has 1 atom stereocenters. The van der Waals surface area contributed by atoms with Crippen molar-refractivity contribution in [1.82, 2.24) is 19.1 Å². The molecule has 0 unspecified atom stereocenters. The number of hydrogen-bond donors (Lipinski definition) is 2. The largest absolute Gasteiger partial charge is 0.389 e. The van der Waals surface area contributed by atoms with Crippen LogP contribution in [0.1, 0.15) is 17.0 Å². The number of hydrogen-bond acceptors (Lipinski definition) is 4. The van der Waals surface area contributed by atoms with Crippen LogP contribution < -0.4 is 0 Å². The van der Waals surface area contributed by atoms with E-state index in [4.69, 9.17) is 0 Å². The van der Waals surface area contributed by atoms with Crippen molar-refractivity contribution >= 4 is 22.1 Å². The predicted octanol–water partition coefficient (Wildman–Crippen LogP) is 2.56. The van der Waals surface area contributed by atoms with Crippen LogP contribution in [0.5, 0.6) is 0 Å². The number of benzene rings is 2. The molecule has 6 nitrogen and oxygen atoms in total. The highest BCUT2D eigenvalue weighted by atomic mass is 16.3. The molecule has 0 spiro atoms. The van der Waals surface area contributed by atoms with Crippen molar-refractivity contribution < 1.29 is 10.2 Å². The van der Waals surface area contributed by atoms with E-state index < -0.39 is 6.10 Å². The summed E-state index contributed by atoms with van der Waals surface area (Å²) in [5.41, 5.74) is 6.10. The minimum absolute atomic E-state index is 0.159. The lowest BCUT2D eigenvalue weighted by atomic mass is 10.1. The Kier molecular flexibility index (Phi) is 4.22. The Labute approximate surface area is 151 Å². The van der Waals surface area contributed by atoms with E-state index in [1.807, 2.05) is 33.4 Å². The van der Waals surface area contributed by atoms with Crippen LogP contribution in [0.4, 0.5) is 0 Å². The van der Waals surface area contributed by atoms with Crippen LogP contribution >= 0.6 is 0 Å². The van der Waals surface area contributed by atoms with E-state index >= 15 is 0 Å². The lowest BCUT2D eigenvalue weighted by Gasteiger charge is -2.15. The fraction of sp³-hybridized carbons (Fsp3) is 0.300. The third-order valence-electron chi connectivity index (χ3n) is 4.91. The number of fused-ring (bicyclic) bond motifs is 2. The van der Waals surface area contributed by atoms with Gasteiger partial charge in [-0.2, -0.15) is 0 Å². The second-order valence-corrected chi connectivity index (χ2v) is 6.76. The van der Waals surface area contributed by atoms with Crippen molar-refractivity contribution in [2.75, 3.05) is 0 Å². The minimum Gasteiger partial charge on any atom is -0.389 e. The standard InChI is InChI=1S/C20H22N4O2/c1-13-7-17-19(8-14(13)2)23(12-21-17)9-15(26)10-24-18-6-4-3-5-16(18)22-20(24)11-25/h3-8,12,15,25-26H,9-11H2,1-2H3/t15-/m1/s1. The van der Waals surface area contributed by atoms with Crippen LogP contribution in [0.2, 0.25) is 0 Å². The summed E-state index contributed by atoms with van der Waals surface area (Å²) in [7, 11) is 0. The SMILES string of the molecule is Cc1cc2ncn(C[C@@H](O)Cn3c(CO)nc4ccccc43)c2cc1C. The smallest absolute Gasteiger partial charge is 0.135 e. The first kappa shape index (κ1) is 16.8. The maximum Gasteiger partial charge on any atom is 0.135 e. The van der Waals surface area contributed by atoms with E-state index in [0.29, 0.717) is 18.9 Å². The number of aliphatic hydroxyl groups is 2. The number of aryl methyl sites for hydroxylation is 2. The van der Waals surface area contributed by atoms with Gasteiger partial charge in [-0.15, -0.1) is 0 Å². The molecule has 6 heteroatoms. The van der Waals surface area contributed by atoms with E-state index in [-0.39, 0.29) is 6.61 Å². The van der Waals surface area contributed by atoms with Gasteiger partial charge in [-0.05, 0) is 49.2 Å². The van der Waals surface area contributed by atoms with E-state index in [1.165, 1.54) is 11.1 Å². The second kappa shape index (κ2) is 6.55. The van der Waals surface area contributed by atoms with Crippen molar-refractivity contribution in [2.45, 2.75) is 39.6 Å². The van der Waals surface area contributed by atoms with Crippen molar-refractivity contribution in [3.8, 4) is 0 Å². The van der Waals surface area contributed by atoms with Gasteiger partial charge < -0.3 is 19.3 Å². The zero-order chi connectivity index (χ0) is 18.3. The highest BCUT2D eigenvalue weighted by Gasteiger charge is 2.15. The van der Waals surface area contributed by atoms with Gasteiger partial charge in [0.05, 0.1) is 47.6 Å². The number of para-hydroxylation sites is 2. The van der Waals surface area contributed by atoms with Crippen molar-refractivity contribution in [3.05, 3.63) is 59.7 Å². The molecule has 2 aromatic heterocycles. The Morgan fingerprint density at radius 1 is 1.00 bits per heavy atom. The number of rotatable bonds is 5. The average Bonchev–Trinajstić information content (AvgIpc) is 3.17. The highest BCUT2D eigenvalue weighted by molar-refractivity contribution is 5.77. The fourth-order valence-electron chi connectivity index (χ4n) is 3.40. The van der Waals surface area contributed by atoms with Gasteiger partial charge in [0, 0.05) is 0 Å². The van der Waals surface area contributed by atoms with Crippen LogP contribution in [0, 0.1) is 13.8 Å². The molecule has 0 amide bonds. The molecule has 4 rings (SSSR count). The lowest BCUT2D eigenvalue weighted by Crippen LogP contribution is -2.23. The molecule has 0 aliphatic carbocycles. The molecule has 0 saturated heterocycles. The Morgan fingerprint density at radius 3 is 2.58 bits per heavy atom. The molecule has 2 heterocycles. The summed E-state index contributed by atoms with van der Waals surface area (Å²) in [6.07, 6.45) is 1.14. The van der Waals surface area contributed by atoms with Crippen LogP contribution in [0.25, 0.3) is 22.1 Å². The topological polar surface area (TPSA) is 76.1 Å². The summed E-state index contributed by atoms with van der Waals surface area (Å²) in [6, 6.07) is 11.9. The van der Waals surface area contributed by atoms with E-state index in [1.54, 1.807) is 6.33 Å². The van der Waals surface area contributed by atoms with Gasteiger partial charge >= 0.3 is 0 Å². The minimum atomic E-state index is -0.628. The lowest BCUT2D eigenvalue weighted by molar-refractivity contribution is 0.133. The maximum absolute atomic E-state index is 10.7. The second-order valence-electron chi connectivity index (χ2n) is 6.76. The number of aromatic nitrogens is 4. The van der Waals surface area contributed by atoms with Crippen molar-refractivity contribution in [3.63, 3.8) is 0 Å². The van der Waals surface area contributed by atoms with Crippen LogP contribution in [0.15, 0.2) is 42.7 Å². The molecule has 0 aliphatic rings. The Morgan fingerprint density at radius 2 is 1.77 bits per heavy atom. The summed E-state index contributed by atoms with van der Waals surface area (Å²) in [5.74, 6) is 0.562. The maximum atomic E-state index is 10.7. The number of nitrogens with zero attached hydrogens (tertiary/aromatic N) is 4. The van der Waals surface area contributed by atoms with Crippen LogP contribution in [-0.4, -0.2) is 35.4 Å². The third-order valence-corrected chi connectivity index (χ3v) is 4.91. The van der Waals surface area contributed by atoms with E-state index in [9.17, 15) is 10.2 Å². The molecule has 4 aromatic rings. The summed E-state index contributed by atoms with van der Waals surface area (Å²) in [5, 5.41) is 20.3. The molecule has 0 fully saturated rings. The molecule has 0 saturated carbocycles. The quantitative estimate of drug-likeness (QED) is 0.580. The van der Waals surface area contributed by atoms with Gasteiger partial charge in [-0.1, -0.05) is 12.1 Å². The van der Waals surface area contributed by atoms with Crippen molar-refractivity contribution in [1.29, 1.82) is 0 Å². The monoisotopic (exact) mass is 350 g/mol. The first-order chi connectivity index (χ1) is 12.6. The molecule has 2 N–H and O–H groups in total. The van der Waals surface area contributed by atoms with Gasteiger partial charge in [-0.25, -0.2) is 9.97 Å². The molecule has 0 aliphatic heterocycles. The first-order valence-electron chi connectivity index (χ1n) is 8.72. The van der Waals surface area contributed by atoms with Gasteiger partial charge in [0.2, 0.25) is 0 Å². The van der Waals surface area contributed by atoms with E-state index in [0.717, 1.165) is 22.1 Å². The van der Waals surface area contributed by atoms with Gasteiger partial charge in [0.25, 0.3) is 0 Å². The predicted molar refractivity (Wildman–Crippen MR) is 101 cm³/mol. The molecule has 26 heavy (non-hydrogen) atoms. The normalized spacial score (nSPS) is 12.9. The molecule has 134 valence electrons. The number of imidazole rings is 2. The molecule has 0 radical (unpaired) electrons. The summed E-state index contributed by atoms with van der Waals surface area (Å²) < 4.78 is 3.86. The highest BCUT2D eigenvalue weighted by Crippen LogP contribution is 2.20. The Bertz CT molecular complexity index is 1080. The average molecular weight is 350 g/mol. The van der Waals surface area contributed by atoms with Gasteiger partial charge in [0.1, 0.15) is 12.4 Å². The molecule has 0 bridgehead atoms. The van der Waals surface area contributed by atoms with Crippen LogP contribution in [-0.2, 0) is 19.7 Å². The van der Waals surface area contributed by atoms with Gasteiger partial charge in [0.15, 0.2) is 0 Å². The zero-order valence-corrected chi connectivity index (χ0v) is 14.9. The van der Waals surface area contributed by atoms with Crippen LogP contribution in [0.3, 0.4) is 0 Å². The first-order valence-corrected chi connectivity index (χ1v) is 8.72. The number of aliphatic hydroxyl groups excluding tert-OH is 2. The van der Waals surface area contributed by atoms with E-state index in [2.05, 4.69) is 35.9 Å². The third kappa shape index (κ3) is 2.87. The molecule has 2 aromatic carbocycles. The Hall–Kier alpha value is -2.70. The fourth-order valence-corrected chi connectivity index (χ4v) is 3.40. The summed E-state index contributed by atoms with van der Waals surface area (Å²) in [4.78, 5) is 8.88. The van der Waals surface area contributed by atoms with Crippen molar-refractivity contribution in [2.24, 2.45) is 0 Å². The zero-order valence-electron chi connectivity index (χ0n) is 14.9. The summed E-state index contributed by atoms with van der Waals surface area (Å²) in [6.45, 7) is 4.78. The summed E-state index contributed by atoms with van der Waals surface area (Å²) >= 11 is 0.